The lowest BCUT2D eigenvalue weighted by molar-refractivity contribution is 0.412. The zero-order chi connectivity index (χ0) is 17.1. The summed E-state index contributed by atoms with van der Waals surface area (Å²) in [6.07, 6.45) is 5.13. The lowest BCUT2D eigenvalue weighted by Crippen LogP contribution is -2.03. The highest BCUT2D eigenvalue weighted by Gasteiger charge is 2.23. The summed E-state index contributed by atoms with van der Waals surface area (Å²) in [5.74, 6) is 0.844. The Balaban J connectivity index is 1.71. The molecule has 4 aromatic heterocycles. The molecule has 1 unspecified atom stereocenters. The highest BCUT2D eigenvalue weighted by atomic mass is 32.2. The second kappa shape index (κ2) is 7.20. The van der Waals surface area contributed by atoms with Gasteiger partial charge in [0.1, 0.15) is 12.0 Å². The third kappa shape index (κ3) is 3.22. The van der Waals surface area contributed by atoms with Gasteiger partial charge in [0.2, 0.25) is 0 Å². The summed E-state index contributed by atoms with van der Waals surface area (Å²) in [5, 5.41) is 18.0. The predicted octanol–water partition coefficient (Wildman–Crippen LogP) is 4.29. The first-order chi connectivity index (χ1) is 12.4. The summed E-state index contributed by atoms with van der Waals surface area (Å²) in [6, 6.07) is 7.89. The van der Waals surface area contributed by atoms with Crippen molar-refractivity contribution in [1.82, 2.24) is 24.9 Å². The van der Waals surface area contributed by atoms with E-state index in [2.05, 4.69) is 48.7 Å². The van der Waals surface area contributed by atoms with Gasteiger partial charge in [0.25, 0.3) is 0 Å². The molecule has 0 aromatic carbocycles. The molecular weight excluding hydrogens is 354 g/mol. The Morgan fingerprint density at radius 2 is 2.08 bits per heavy atom. The van der Waals surface area contributed by atoms with E-state index in [1.807, 2.05) is 18.2 Å². The molecule has 126 valence electrons. The number of nitrogens with zero attached hydrogens (tertiary/aromatic N) is 5. The molecule has 4 aromatic rings. The number of aromatic nitrogens is 5. The smallest absolute Gasteiger partial charge is 0.192 e. The minimum absolute atomic E-state index is 0.0183. The first-order valence-electron chi connectivity index (χ1n) is 7.79. The second-order valence-electron chi connectivity index (χ2n) is 5.27. The van der Waals surface area contributed by atoms with Gasteiger partial charge in [-0.3, -0.25) is 4.98 Å². The van der Waals surface area contributed by atoms with Crippen molar-refractivity contribution < 1.29 is 4.52 Å². The number of thioether (sulfide) groups is 1. The third-order valence-corrected chi connectivity index (χ3v) is 5.73. The molecule has 6 nitrogen and oxygen atoms in total. The van der Waals surface area contributed by atoms with E-state index >= 15 is 0 Å². The van der Waals surface area contributed by atoms with Crippen molar-refractivity contribution in [1.29, 1.82) is 0 Å². The topological polar surface area (TPSA) is 69.6 Å². The molecule has 0 aliphatic carbocycles. The SMILES string of the molecule is CCn1c(SC(c2ccsc2)c2ccon2)nnc1-c1ccncc1. The van der Waals surface area contributed by atoms with E-state index in [-0.39, 0.29) is 5.25 Å². The lowest BCUT2D eigenvalue weighted by Gasteiger charge is -2.13. The third-order valence-electron chi connectivity index (χ3n) is 3.77. The number of rotatable bonds is 6. The van der Waals surface area contributed by atoms with Crippen molar-refractivity contribution in [3.63, 3.8) is 0 Å². The zero-order valence-corrected chi connectivity index (χ0v) is 15.1. The van der Waals surface area contributed by atoms with Gasteiger partial charge in [-0.15, -0.1) is 10.2 Å². The van der Waals surface area contributed by atoms with E-state index in [9.17, 15) is 0 Å². The minimum atomic E-state index is 0.0183. The van der Waals surface area contributed by atoms with Crippen molar-refractivity contribution in [3.8, 4) is 11.4 Å². The molecular formula is C17H15N5OS2. The highest BCUT2D eigenvalue weighted by Crippen LogP contribution is 2.40. The van der Waals surface area contributed by atoms with Crippen molar-refractivity contribution >= 4 is 23.1 Å². The van der Waals surface area contributed by atoms with E-state index in [0.717, 1.165) is 28.8 Å². The average Bonchev–Trinajstić information content (AvgIpc) is 3.41. The average molecular weight is 369 g/mol. The molecule has 0 saturated heterocycles. The van der Waals surface area contributed by atoms with Crippen LogP contribution in [0.5, 0.6) is 0 Å². The molecule has 0 aliphatic rings. The van der Waals surface area contributed by atoms with Crippen LogP contribution in [0.2, 0.25) is 0 Å². The normalized spacial score (nSPS) is 12.4. The van der Waals surface area contributed by atoms with Gasteiger partial charge in [-0.25, -0.2) is 0 Å². The molecule has 1 atom stereocenters. The number of hydrogen-bond donors (Lipinski definition) is 0. The fourth-order valence-electron chi connectivity index (χ4n) is 2.56. The Hall–Kier alpha value is -2.45. The Bertz CT molecular complexity index is 885. The summed E-state index contributed by atoms with van der Waals surface area (Å²) in [5.41, 5.74) is 3.06. The van der Waals surface area contributed by atoms with E-state index in [1.54, 1.807) is 41.8 Å². The summed E-state index contributed by atoms with van der Waals surface area (Å²) in [6.45, 7) is 2.87. The van der Waals surface area contributed by atoms with Crippen LogP contribution in [0.25, 0.3) is 11.4 Å². The van der Waals surface area contributed by atoms with Gasteiger partial charge >= 0.3 is 0 Å². The van der Waals surface area contributed by atoms with E-state index in [0.29, 0.717) is 0 Å². The van der Waals surface area contributed by atoms with Crippen molar-refractivity contribution in [2.75, 3.05) is 0 Å². The molecule has 0 fully saturated rings. The maximum atomic E-state index is 5.05. The van der Waals surface area contributed by atoms with Crippen molar-refractivity contribution in [2.24, 2.45) is 0 Å². The van der Waals surface area contributed by atoms with Crippen LogP contribution in [0.3, 0.4) is 0 Å². The molecule has 0 bridgehead atoms. The van der Waals surface area contributed by atoms with Crippen LogP contribution >= 0.6 is 23.1 Å². The van der Waals surface area contributed by atoms with Crippen LogP contribution in [0.4, 0.5) is 0 Å². The molecule has 0 spiro atoms. The molecule has 0 N–H and O–H groups in total. The molecule has 4 heterocycles. The minimum Gasteiger partial charge on any atom is -0.364 e. The van der Waals surface area contributed by atoms with E-state index in [1.165, 1.54) is 5.56 Å². The maximum Gasteiger partial charge on any atom is 0.192 e. The molecule has 0 aliphatic heterocycles. The Morgan fingerprint density at radius 1 is 1.20 bits per heavy atom. The fourth-order valence-corrected chi connectivity index (χ4v) is 4.50. The highest BCUT2D eigenvalue weighted by molar-refractivity contribution is 7.99. The van der Waals surface area contributed by atoms with Gasteiger partial charge in [0.05, 0.1) is 5.25 Å². The Kier molecular flexibility index (Phi) is 4.62. The number of hydrogen-bond acceptors (Lipinski definition) is 7. The van der Waals surface area contributed by atoms with Crippen LogP contribution in [0.15, 0.2) is 63.4 Å². The lowest BCUT2D eigenvalue weighted by atomic mass is 10.2. The first kappa shape index (κ1) is 16.0. The molecule has 0 radical (unpaired) electrons. The van der Waals surface area contributed by atoms with Gasteiger partial charge in [0, 0.05) is 30.6 Å². The van der Waals surface area contributed by atoms with Crippen molar-refractivity contribution in [2.45, 2.75) is 23.9 Å². The van der Waals surface area contributed by atoms with E-state index in [4.69, 9.17) is 4.52 Å². The molecule has 8 heteroatoms. The summed E-state index contributed by atoms with van der Waals surface area (Å²) < 4.78 is 7.16. The van der Waals surface area contributed by atoms with Gasteiger partial charge in [0.15, 0.2) is 11.0 Å². The summed E-state index contributed by atoms with van der Waals surface area (Å²) in [7, 11) is 0. The van der Waals surface area contributed by atoms with Crippen LogP contribution < -0.4 is 0 Å². The summed E-state index contributed by atoms with van der Waals surface area (Å²) in [4.78, 5) is 4.07. The van der Waals surface area contributed by atoms with Gasteiger partial charge in [-0.05, 0) is 41.4 Å². The monoisotopic (exact) mass is 369 g/mol. The van der Waals surface area contributed by atoms with Crippen LogP contribution in [0.1, 0.15) is 23.4 Å². The number of pyridine rings is 1. The zero-order valence-electron chi connectivity index (χ0n) is 13.4. The van der Waals surface area contributed by atoms with Gasteiger partial charge < -0.3 is 9.09 Å². The van der Waals surface area contributed by atoms with Crippen molar-refractivity contribution in [3.05, 3.63) is 64.9 Å². The molecule has 0 amide bonds. The fraction of sp³-hybridized carbons (Fsp3) is 0.176. The predicted molar refractivity (Wildman–Crippen MR) is 97.4 cm³/mol. The van der Waals surface area contributed by atoms with Gasteiger partial charge in [-0.2, -0.15) is 11.3 Å². The largest absolute Gasteiger partial charge is 0.364 e. The molecule has 25 heavy (non-hydrogen) atoms. The molecule has 4 rings (SSSR count). The summed E-state index contributed by atoms with van der Waals surface area (Å²) >= 11 is 3.30. The second-order valence-corrected chi connectivity index (χ2v) is 7.12. The Labute approximate surface area is 152 Å². The standard InChI is InChI=1S/C17H15N5OS2/c1-2-22-16(12-3-7-18-8-4-12)19-20-17(22)25-15(13-6-10-24-11-13)14-5-9-23-21-14/h3-11,15H,2H2,1H3. The quantitative estimate of drug-likeness (QED) is 0.472. The van der Waals surface area contributed by atoms with Crippen LogP contribution in [-0.4, -0.2) is 24.9 Å². The van der Waals surface area contributed by atoms with E-state index < -0.39 is 0 Å². The number of thiophene rings is 1. The first-order valence-corrected chi connectivity index (χ1v) is 9.61. The van der Waals surface area contributed by atoms with Gasteiger partial charge in [-0.1, -0.05) is 16.9 Å². The van der Waals surface area contributed by atoms with Crippen LogP contribution in [-0.2, 0) is 6.54 Å². The van der Waals surface area contributed by atoms with Crippen LogP contribution in [0, 0.1) is 0 Å². The maximum absolute atomic E-state index is 5.05. The molecule has 0 saturated carbocycles. The Morgan fingerprint density at radius 3 is 2.76 bits per heavy atom.